The van der Waals surface area contributed by atoms with E-state index >= 15 is 0 Å². The van der Waals surface area contributed by atoms with E-state index in [0.717, 1.165) is 12.3 Å². The first-order chi connectivity index (χ1) is 9.83. The molecular weight excluding hydrogens is 252 g/mol. The van der Waals surface area contributed by atoms with Crippen LogP contribution in [0.2, 0.25) is 0 Å². The molecule has 3 fully saturated rings. The van der Waals surface area contributed by atoms with Crippen LogP contribution in [0, 0.1) is 11.8 Å². The molecule has 3 nitrogen and oxygen atoms in total. The highest BCUT2D eigenvalue weighted by molar-refractivity contribution is 5.62. The number of hydrogen-bond acceptors (Lipinski definition) is 3. The van der Waals surface area contributed by atoms with Crippen LogP contribution in [0.5, 0.6) is 0 Å². The lowest BCUT2D eigenvalue weighted by molar-refractivity contribution is 0.0426. The Labute approximate surface area is 122 Å². The van der Waals surface area contributed by atoms with E-state index in [1.54, 1.807) is 0 Å². The van der Waals surface area contributed by atoms with E-state index in [2.05, 4.69) is 0 Å². The van der Waals surface area contributed by atoms with E-state index in [9.17, 15) is 4.79 Å². The minimum Gasteiger partial charge on any atom is -0.427 e. The van der Waals surface area contributed by atoms with Crippen molar-refractivity contribution in [2.24, 2.45) is 11.8 Å². The molecule has 0 aromatic heterocycles. The molecule has 0 radical (unpaired) electrons. The van der Waals surface area contributed by atoms with Gasteiger partial charge in [0.15, 0.2) is 0 Å². The van der Waals surface area contributed by atoms with Crippen molar-refractivity contribution in [1.82, 2.24) is 0 Å². The summed E-state index contributed by atoms with van der Waals surface area (Å²) in [5.74, 6) is 1.39. The molecule has 0 amide bonds. The molecular formula is C17H28O3. The van der Waals surface area contributed by atoms with E-state index < -0.39 is 6.16 Å². The van der Waals surface area contributed by atoms with Crippen LogP contribution >= 0.6 is 0 Å². The fourth-order valence-corrected chi connectivity index (χ4v) is 4.41. The van der Waals surface area contributed by atoms with Gasteiger partial charge in [-0.15, -0.1) is 0 Å². The number of carbonyl (C=O) groups is 1. The predicted molar refractivity (Wildman–Crippen MR) is 77.5 cm³/mol. The Morgan fingerprint density at radius 3 is 2.25 bits per heavy atom. The van der Waals surface area contributed by atoms with Gasteiger partial charge in [0.05, 0.1) is 0 Å². The third-order valence-corrected chi connectivity index (χ3v) is 5.49. The quantitative estimate of drug-likeness (QED) is 0.679. The maximum atomic E-state index is 11.3. The molecule has 0 spiro atoms. The van der Waals surface area contributed by atoms with Crippen LogP contribution in [-0.4, -0.2) is 18.4 Å². The lowest BCUT2D eigenvalue weighted by Crippen LogP contribution is -2.36. The third kappa shape index (κ3) is 3.48. The number of rotatable bonds is 2. The fraction of sp³-hybridized carbons (Fsp3) is 0.941. The summed E-state index contributed by atoms with van der Waals surface area (Å²) in [6, 6.07) is 0. The van der Waals surface area contributed by atoms with Crippen molar-refractivity contribution in [1.29, 1.82) is 0 Å². The Hall–Kier alpha value is -0.730. The molecule has 3 rings (SSSR count). The summed E-state index contributed by atoms with van der Waals surface area (Å²) in [5, 5.41) is 0. The maximum absolute atomic E-state index is 11.3. The fourth-order valence-electron chi connectivity index (χ4n) is 4.41. The van der Waals surface area contributed by atoms with Crippen molar-refractivity contribution < 1.29 is 14.3 Å². The Morgan fingerprint density at radius 2 is 1.50 bits per heavy atom. The van der Waals surface area contributed by atoms with Crippen LogP contribution in [0.3, 0.4) is 0 Å². The number of ether oxygens (including phenoxy) is 2. The van der Waals surface area contributed by atoms with Gasteiger partial charge in [-0.1, -0.05) is 51.4 Å². The molecule has 3 aliphatic rings. The van der Waals surface area contributed by atoms with Crippen molar-refractivity contribution in [3.05, 3.63) is 0 Å². The summed E-state index contributed by atoms with van der Waals surface area (Å²) in [4.78, 5) is 11.3. The molecule has 0 aromatic rings. The van der Waals surface area contributed by atoms with Gasteiger partial charge in [-0.05, 0) is 31.6 Å². The summed E-state index contributed by atoms with van der Waals surface area (Å²) in [6.07, 6.45) is 15.5. The summed E-state index contributed by atoms with van der Waals surface area (Å²) < 4.78 is 10.7. The first-order valence-corrected chi connectivity index (χ1v) is 8.70. The minimum atomic E-state index is -0.429. The number of hydrogen-bond donors (Lipinski definition) is 0. The van der Waals surface area contributed by atoms with Gasteiger partial charge >= 0.3 is 6.16 Å². The van der Waals surface area contributed by atoms with Crippen LogP contribution in [0.25, 0.3) is 0 Å². The van der Waals surface area contributed by atoms with E-state index in [1.807, 2.05) is 0 Å². The Bertz CT molecular complexity index is 318. The Balaban J connectivity index is 1.56. The molecule has 3 unspecified atom stereocenters. The average Bonchev–Trinajstić information content (AvgIpc) is 2.86. The van der Waals surface area contributed by atoms with Gasteiger partial charge in [0.25, 0.3) is 0 Å². The van der Waals surface area contributed by atoms with Gasteiger partial charge in [0, 0.05) is 5.92 Å². The molecule has 1 saturated heterocycles. The van der Waals surface area contributed by atoms with Gasteiger partial charge < -0.3 is 9.47 Å². The molecule has 3 heteroatoms. The van der Waals surface area contributed by atoms with E-state index in [-0.39, 0.29) is 12.2 Å². The summed E-state index contributed by atoms with van der Waals surface area (Å²) in [5.41, 5.74) is 0. The standard InChI is InChI=1S/C17H28O3/c18-17-19-15-11-7-10-14(16(15)20-17)12-13-8-5-3-1-2-4-6-9-13/h13-16H,1-12H2. The van der Waals surface area contributed by atoms with Gasteiger partial charge in [-0.2, -0.15) is 0 Å². The zero-order valence-corrected chi connectivity index (χ0v) is 12.5. The monoisotopic (exact) mass is 280 g/mol. The largest absolute Gasteiger partial charge is 0.509 e. The van der Waals surface area contributed by atoms with Crippen LogP contribution < -0.4 is 0 Å². The summed E-state index contributed by atoms with van der Waals surface area (Å²) >= 11 is 0. The SMILES string of the molecule is O=C1OC2CCCC(CC3CCCCCCCC3)C2O1. The molecule has 0 N–H and O–H groups in total. The molecule has 2 saturated carbocycles. The van der Waals surface area contributed by atoms with Gasteiger partial charge in [0.1, 0.15) is 12.2 Å². The van der Waals surface area contributed by atoms with Gasteiger partial charge in [-0.3, -0.25) is 0 Å². The van der Waals surface area contributed by atoms with E-state index in [1.165, 1.54) is 70.6 Å². The van der Waals surface area contributed by atoms with Gasteiger partial charge in [0.2, 0.25) is 0 Å². The maximum Gasteiger partial charge on any atom is 0.509 e. The highest BCUT2D eigenvalue weighted by Crippen LogP contribution is 2.39. The predicted octanol–water partition coefficient (Wildman–Crippen LogP) is 4.83. The molecule has 1 heterocycles. The smallest absolute Gasteiger partial charge is 0.427 e. The van der Waals surface area contributed by atoms with Crippen LogP contribution in [0.4, 0.5) is 4.79 Å². The summed E-state index contributed by atoms with van der Waals surface area (Å²) in [7, 11) is 0. The lowest BCUT2D eigenvalue weighted by atomic mass is 9.77. The minimum absolute atomic E-state index is 0.0533. The number of carbonyl (C=O) groups excluding carboxylic acids is 1. The normalized spacial score (nSPS) is 36.2. The van der Waals surface area contributed by atoms with Crippen LogP contribution in [0.15, 0.2) is 0 Å². The molecule has 0 bridgehead atoms. The molecule has 0 aromatic carbocycles. The Kier molecular flexibility index (Phi) is 4.85. The van der Waals surface area contributed by atoms with Crippen molar-refractivity contribution in [2.75, 3.05) is 0 Å². The third-order valence-electron chi connectivity index (χ3n) is 5.49. The zero-order chi connectivity index (χ0) is 13.8. The van der Waals surface area contributed by atoms with Crippen molar-refractivity contribution in [3.63, 3.8) is 0 Å². The first-order valence-electron chi connectivity index (χ1n) is 8.70. The number of fused-ring (bicyclic) bond motifs is 1. The van der Waals surface area contributed by atoms with Crippen LogP contribution in [-0.2, 0) is 9.47 Å². The Morgan fingerprint density at radius 1 is 0.800 bits per heavy atom. The van der Waals surface area contributed by atoms with Crippen LogP contribution in [0.1, 0.15) is 77.0 Å². The second kappa shape index (κ2) is 6.82. The second-order valence-electron chi connectivity index (χ2n) is 6.98. The summed E-state index contributed by atoms with van der Waals surface area (Å²) in [6.45, 7) is 0. The second-order valence-corrected chi connectivity index (χ2v) is 6.98. The van der Waals surface area contributed by atoms with Crippen molar-refractivity contribution in [3.8, 4) is 0 Å². The highest BCUT2D eigenvalue weighted by atomic mass is 16.8. The molecule has 1 aliphatic heterocycles. The molecule has 114 valence electrons. The topological polar surface area (TPSA) is 35.5 Å². The average molecular weight is 280 g/mol. The van der Waals surface area contributed by atoms with E-state index in [4.69, 9.17) is 9.47 Å². The lowest BCUT2D eigenvalue weighted by Gasteiger charge is -2.32. The first kappa shape index (κ1) is 14.2. The molecule has 2 aliphatic carbocycles. The molecule has 3 atom stereocenters. The molecule has 20 heavy (non-hydrogen) atoms. The van der Waals surface area contributed by atoms with Crippen molar-refractivity contribution in [2.45, 2.75) is 89.3 Å². The van der Waals surface area contributed by atoms with E-state index in [0.29, 0.717) is 5.92 Å². The zero-order valence-electron chi connectivity index (χ0n) is 12.5. The van der Waals surface area contributed by atoms with Gasteiger partial charge in [-0.25, -0.2) is 4.79 Å². The highest BCUT2D eigenvalue weighted by Gasteiger charge is 2.44. The van der Waals surface area contributed by atoms with Crippen molar-refractivity contribution >= 4 is 6.16 Å².